The van der Waals surface area contributed by atoms with Crippen molar-refractivity contribution >= 4 is 5.91 Å². The third-order valence-corrected chi connectivity index (χ3v) is 2.64. The van der Waals surface area contributed by atoms with Crippen molar-refractivity contribution in [1.82, 2.24) is 9.78 Å². The third kappa shape index (κ3) is 3.40. The summed E-state index contributed by atoms with van der Waals surface area (Å²) in [4.78, 5) is 11.9. The van der Waals surface area contributed by atoms with Crippen molar-refractivity contribution < 1.29 is 13.9 Å². The smallest absolute Gasteiger partial charge is 0.250 e. The summed E-state index contributed by atoms with van der Waals surface area (Å²) in [6, 6.07) is 7.54. The van der Waals surface area contributed by atoms with Gasteiger partial charge in [0.15, 0.2) is 0 Å². The second-order valence-electron chi connectivity index (χ2n) is 4.29. The topological polar surface area (TPSA) is 44.1 Å². The predicted molar refractivity (Wildman–Crippen MR) is 68.8 cm³/mol. The van der Waals surface area contributed by atoms with Crippen LogP contribution >= 0.6 is 0 Å². The van der Waals surface area contributed by atoms with Gasteiger partial charge < -0.3 is 4.74 Å². The summed E-state index contributed by atoms with van der Waals surface area (Å²) in [6.07, 6.45) is 0.222. The minimum Gasteiger partial charge on any atom is -0.493 e. The van der Waals surface area contributed by atoms with Crippen LogP contribution in [0.1, 0.15) is 22.6 Å². The first-order valence-electron chi connectivity index (χ1n) is 6.01. The van der Waals surface area contributed by atoms with Gasteiger partial charge in [-0.25, -0.2) is 9.07 Å². The van der Waals surface area contributed by atoms with E-state index in [1.807, 2.05) is 19.9 Å². The van der Waals surface area contributed by atoms with E-state index in [4.69, 9.17) is 4.74 Å². The molecule has 0 atom stereocenters. The van der Waals surface area contributed by atoms with Gasteiger partial charge in [-0.2, -0.15) is 5.10 Å². The van der Waals surface area contributed by atoms with Gasteiger partial charge in [-0.15, -0.1) is 0 Å². The summed E-state index contributed by atoms with van der Waals surface area (Å²) >= 11 is 0. The van der Waals surface area contributed by atoms with Gasteiger partial charge in [-0.1, -0.05) is 0 Å². The average molecular weight is 262 g/mol. The lowest BCUT2D eigenvalue weighted by atomic mass is 10.3. The maximum Gasteiger partial charge on any atom is 0.250 e. The molecule has 1 heterocycles. The van der Waals surface area contributed by atoms with Gasteiger partial charge >= 0.3 is 0 Å². The number of nitrogens with zero attached hydrogens (tertiary/aromatic N) is 2. The van der Waals surface area contributed by atoms with E-state index in [2.05, 4.69) is 5.10 Å². The van der Waals surface area contributed by atoms with Gasteiger partial charge in [0.25, 0.3) is 5.91 Å². The number of hydrogen-bond acceptors (Lipinski definition) is 3. The van der Waals surface area contributed by atoms with Crippen molar-refractivity contribution in [2.24, 2.45) is 0 Å². The molecule has 0 spiro atoms. The molecule has 0 aliphatic rings. The van der Waals surface area contributed by atoms with Gasteiger partial charge in [0.05, 0.1) is 18.7 Å². The van der Waals surface area contributed by atoms with Gasteiger partial charge in [0.2, 0.25) is 0 Å². The molecule has 1 aromatic carbocycles. The molecule has 0 saturated carbocycles. The largest absolute Gasteiger partial charge is 0.493 e. The van der Waals surface area contributed by atoms with E-state index in [0.29, 0.717) is 5.75 Å². The molecule has 19 heavy (non-hydrogen) atoms. The summed E-state index contributed by atoms with van der Waals surface area (Å²) < 4.78 is 19.4. The molecule has 0 saturated heterocycles. The monoisotopic (exact) mass is 262 g/mol. The molecule has 100 valence electrons. The van der Waals surface area contributed by atoms with Gasteiger partial charge in [0.1, 0.15) is 11.6 Å². The predicted octanol–water partition coefficient (Wildman–Crippen LogP) is 2.75. The zero-order chi connectivity index (χ0) is 13.8. The number of benzene rings is 1. The molecular weight excluding hydrogens is 247 g/mol. The van der Waals surface area contributed by atoms with Gasteiger partial charge in [0, 0.05) is 5.69 Å². The molecule has 0 fully saturated rings. The normalized spacial score (nSPS) is 10.5. The number of carbonyl (C=O) groups is 1. The number of aryl methyl sites for hydroxylation is 2. The summed E-state index contributed by atoms with van der Waals surface area (Å²) in [5, 5.41) is 4.11. The summed E-state index contributed by atoms with van der Waals surface area (Å²) in [5.41, 5.74) is 1.62. The molecule has 4 nitrogen and oxygen atoms in total. The lowest BCUT2D eigenvalue weighted by Crippen LogP contribution is -2.17. The second-order valence-corrected chi connectivity index (χ2v) is 4.29. The SMILES string of the molecule is Cc1cc(C)n(C(=O)CCOc2ccc(F)cc2)n1. The Morgan fingerprint density at radius 2 is 2.00 bits per heavy atom. The fourth-order valence-corrected chi connectivity index (χ4v) is 1.77. The summed E-state index contributed by atoms with van der Waals surface area (Å²) in [6.45, 7) is 3.91. The lowest BCUT2D eigenvalue weighted by molar-refractivity contribution is 0.0862. The highest BCUT2D eigenvalue weighted by atomic mass is 19.1. The minimum absolute atomic E-state index is 0.118. The Morgan fingerprint density at radius 1 is 1.32 bits per heavy atom. The first kappa shape index (κ1) is 13.3. The van der Waals surface area contributed by atoms with Crippen molar-refractivity contribution in [2.75, 3.05) is 6.61 Å². The Balaban J connectivity index is 1.87. The molecule has 0 amide bonds. The van der Waals surface area contributed by atoms with Crippen LogP contribution in [0.5, 0.6) is 5.75 Å². The van der Waals surface area contributed by atoms with E-state index in [0.717, 1.165) is 11.4 Å². The molecule has 0 N–H and O–H groups in total. The van der Waals surface area contributed by atoms with Gasteiger partial charge in [-0.05, 0) is 44.2 Å². The second kappa shape index (κ2) is 5.65. The van der Waals surface area contributed by atoms with Crippen LogP contribution in [0.4, 0.5) is 4.39 Å². The quantitative estimate of drug-likeness (QED) is 0.851. The molecular formula is C14H15FN2O2. The number of halogens is 1. The van der Waals surface area contributed by atoms with Crippen LogP contribution in [-0.4, -0.2) is 22.3 Å². The highest BCUT2D eigenvalue weighted by Crippen LogP contribution is 2.11. The number of rotatable bonds is 4. The third-order valence-electron chi connectivity index (χ3n) is 2.64. The van der Waals surface area contributed by atoms with E-state index in [1.165, 1.54) is 28.9 Å². The summed E-state index contributed by atoms with van der Waals surface area (Å²) in [7, 11) is 0. The number of ether oxygens (including phenoxy) is 1. The molecule has 5 heteroatoms. The highest BCUT2D eigenvalue weighted by molar-refractivity contribution is 5.78. The summed E-state index contributed by atoms with van der Waals surface area (Å²) in [5.74, 6) is 0.112. The molecule has 0 radical (unpaired) electrons. The molecule has 0 aliphatic carbocycles. The Morgan fingerprint density at radius 3 is 2.58 bits per heavy atom. The lowest BCUT2D eigenvalue weighted by Gasteiger charge is -2.06. The molecule has 2 aromatic rings. The Bertz CT molecular complexity index is 576. The van der Waals surface area contributed by atoms with E-state index in [1.54, 1.807) is 0 Å². The maximum atomic E-state index is 12.7. The van der Waals surface area contributed by atoms with Crippen LogP contribution in [-0.2, 0) is 0 Å². The molecule has 0 unspecified atom stereocenters. The zero-order valence-corrected chi connectivity index (χ0v) is 10.9. The van der Waals surface area contributed by atoms with E-state index in [9.17, 15) is 9.18 Å². The number of aromatic nitrogens is 2. The van der Waals surface area contributed by atoms with Crippen molar-refractivity contribution in [1.29, 1.82) is 0 Å². The zero-order valence-electron chi connectivity index (χ0n) is 10.9. The number of hydrogen-bond donors (Lipinski definition) is 0. The van der Waals surface area contributed by atoms with Crippen molar-refractivity contribution in [3.05, 3.63) is 47.5 Å². The van der Waals surface area contributed by atoms with Crippen LogP contribution in [0.2, 0.25) is 0 Å². The van der Waals surface area contributed by atoms with Crippen molar-refractivity contribution in [3.63, 3.8) is 0 Å². The number of carbonyl (C=O) groups excluding carboxylic acids is 1. The van der Waals surface area contributed by atoms with E-state index < -0.39 is 0 Å². The van der Waals surface area contributed by atoms with Crippen molar-refractivity contribution in [2.45, 2.75) is 20.3 Å². The van der Waals surface area contributed by atoms with Crippen LogP contribution in [0, 0.1) is 19.7 Å². The van der Waals surface area contributed by atoms with Gasteiger partial charge in [-0.3, -0.25) is 4.79 Å². The minimum atomic E-state index is -0.314. The molecule has 2 rings (SSSR count). The fourth-order valence-electron chi connectivity index (χ4n) is 1.77. The maximum absolute atomic E-state index is 12.7. The Hall–Kier alpha value is -2.17. The molecule has 1 aromatic heterocycles. The van der Waals surface area contributed by atoms with Crippen LogP contribution in [0.25, 0.3) is 0 Å². The molecule has 0 bridgehead atoms. The Kier molecular flexibility index (Phi) is 3.94. The first-order valence-corrected chi connectivity index (χ1v) is 6.01. The van der Waals surface area contributed by atoms with Crippen LogP contribution < -0.4 is 4.74 Å². The first-order chi connectivity index (χ1) is 9.06. The van der Waals surface area contributed by atoms with Crippen molar-refractivity contribution in [3.8, 4) is 5.75 Å². The van der Waals surface area contributed by atoms with E-state index >= 15 is 0 Å². The standard InChI is InChI=1S/C14H15FN2O2/c1-10-9-11(2)17(16-10)14(18)7-8-19-13-5-3-12(15)4-6-13/h3-6,9H,7-8H2,1-2H3. The van der Waals surface area contributed by atoms with E-state index in [-0.39, 0.29) is 24.8 Å². The average Bonchev–Trinajstić information content (AvgIpc) is 2.71. The highest BCUT2D eigenvalue weighted by Gasteiger charge is 2.10. The van der Waals surface area contributed by atoms with Crippen LogP contribution in [0.15, 0.2) is 30.3 Å². The fraction of sp³-hybridized carbons (Fsp3) is 0.286. The Labute approximate surface area is 110 Å². The van der Waals surface area contributed by atoms with Crippen LogP contribution in [0.3, 0.4) is 0 Å². The molecule has 0 aliphatic heterocycles.